The zero-order valence-corrected chi connectivity index (χ0v) is 10.1. The van der Waals surface area contributed by atoms with Crippen molar-refractivity contribution in [3.8, 4) is 11.8 Å². The summed E-state index contributed by atoms with van der Waals surface area (Å²) in [5, 5.41) is 8.72. The van der Waals surface area contributed by atoms with Gasteiger partial charge in [-0.25, -0.2) is 0 Å². The Hall–Kier alpha value is -2.02. The Bertz CT molecular complexity index is 420. The summed E-state index contributed by atoms with van der Waals surface area (Å²) in [6, 6.07) is 8.80. The Labute approximate surface area is 101 Å². The summed E-state index contributed by atoms with van der Waals surface area (Å²) in [5.74, 6) is 0.502. The molecule has 0 spiro atoms. The van der Waals surface area contributed by atoms with Gasteiger partial charge in [0.15, 0.2) is 6.61 Å². The second-order valence-electron chi connectivity index (χ2n) is 3.49. The largest absolute Gasteiger partial charge is 0.484 e. The van der Waals surface area contributed by atoms with Gasteiger partial charge in [0.25, 0.3) is 5.91 Å². The van der Waals surface area contributed by atoms with Crippen molar-refractivity contribution < 1.29 is 9.53 Å². The highest BCUT2D eigenvalue weighted by Gasteiger charge is 2.09. The summed E-state index contributed by atoms with van der Waals surface area (Å²) < 4.78 is 5.35. The first kappa shape index (κ1) is 13.0. The number of benzene rings is 1. The van der Waals surface area contributed by atoms with Crippen LogP contribution in [0.4, 0.5) is 0 Å². The number of amides is 1. The van der Waals surface area contributed by atoms with Crippen LogP contribution in [-0.4, -0.2) is 30.5 Å². The van der Waals surface area contributed by atoms with E-state index in [1.165, 1.54) is 0 Å². The van der Waals surface area contributed by atoms with Gasteiger partial charge in [-0.3, -0.25) is 4.79 Å². The van der Waals surface area contributed by atoms with Crippen molar-refractivity contribution in [3.63, 3.8) is 0 Å². The summed E-state index contributed by atoms with van der Waals surface area (Å²) >= 11 is 0. The van der Waals surface area contributed by atoms with Crippen molar-refractivity contribution in [2.45, 2.75) is 13.8 Å². The molecule has 0 radical (unpaired) electrons. The molecule has 1 rings (SSSR count). The molecule has 4 nitrogen and oxygen atoms in total. The third-order valence-corrected chi connectivity index (χ3v) is 2.44. The lowest BCUT2D eigenvalue weighted by Crippen LogP contribution is -2.34. The molecule has 0 unspecified atom stereocenters. The minimum absolute atomic E-state index is 0.0105. The molecule has 1 aromatic rings. The number of nitrogens with zero attached hydrogens (tertiary/aromatic N) is 2. The van der Waals surface area contributed by atoms with Crippen molar-refractivity contribution in [2.75, 3.05) is 19.7 Å². The molecule has 17 heavy (non-hydrogen) atoms. The van der Waals surface area contributed by atoms with Crippen molar-refractivity contribution in [1.82, 2.24) is 4.90 Å². The first-order chi connectivity index (χ1) is 8.21. The maximum absolute atomic E-state index is 11.7. The van der Waals surface area contributed by atoms with Crippen LogP contribution in [0.1, 0.15) is 19.4 Å². The Kier molecular flexibility index (Phi) is 5.02. The molecule has 0 aromatic heterocycles. The zero-order chi connectivity index (χ0) is 12.7. The van der Waals surface area contributed by atoms with Crippen LogP contribution in [0.15, 0.2) is 24.3 Å². The van der Waals surface area contributed by atoms with E-state index in [-0.39, 0.29) is 12.5 Å². The van der Waals surface area contributed by atoms with E-state index in [0.717, 1.165) is 0 Å². The number of carbonyl (C=O) groups is 1. The number of rotatable bonds is 5. The number of hydrogen-bond donors (Lipinski definition) is 0. The van der Waals surface area contributed by atoms with Gasteiger partial charge in [-0.2, -0.15) is 5.26 Å². The lowest BCUT2D eigenvalue weighted by Gasteiger charge is -2.18. The molecular weight excluding hydrogens is 216 g/mol. The predicted molar refractivity (Wildman–Crippen MR) is 64.6 cm³/mol. The fourth-order valence-corrected chi connectivity index (χ4v) is 1.47. The molecule has 0 N–H and O–H groups in total. The molecular formula is C13H16N2O2. The first-order valence-electron chi connectivity index (χ1n) is 5.62. The molecule has 4 heteroatoms. The van der Waals surface area contributed by atoms with Crippen LogP contribution in [0.5, 0.6) is 5.75 Å². The fraction of sp³-hybridized carbons (Fsp3) is 0.385. The smallest absolute Gasteiger partial charge is 0.260 e. The average Bonchev–Trinajstić information content (AvgIpc) is 2.38. The number of carbonyl (C=O) groups excluding carboxylic acids is 1. The monoisotopic (exact) mass is 232 g/mol. The first-order valence-corrected chi connectivity index (χ1v) is 5.62. The van der Waals surface area contributed by atoms with E-state index in [2.05, 4.69) is 0 Å². The molecule has 0 aliphatic rings. The van der Waals surface area contributed by atoms with Crippen molar-refractivity contribution in [1.29, 1.82) is 5.26 Å². The minimum Gasteiger partial charge on any atom is -0.484 e. The second-order valence-corrected chi connectivity index (χ2v) is 3.49. The van der Waals surface area contributed by atoms with E-state index in [0.29, 0.717) is 24.4 Å². The van der Waals surface area contributed by atoms with Crippen LogP contribution in [0.2, 0.25) is 0 Å². The van der Waals surface area contributed by atoms with E-state index in [1.54, 1.807) is 29.2 Å². The van der Waals surface area contributed by atoms with Crippen LogP contribution in [-0.2, 0) is 4.79 Å². The molecule has 0 fully saturated rings. The van der Waals surface area contributed by atoms with E-state index < -0.39 is 0 Å². The van der Waals surface area contributed by atoms with Crippen LogP contribution in [0.25, 0.3) is 0 Å². The third-order valence-electron chi connectivity index (χ3n) is 2.44. The topological polar surface area (TPSA) is 53.3 Å². The lowest BCUT2D eigenvalue weighted by atomic mass is 10.2. The van der Waals surface area contributed by atoms with Gasteiger partial charge in [0, 0.05) is 13.1 Å². The molecule has 0 aliphatic heterocycles. The molecule has 0 aliphatic carbocycles. The number of hydrogen-bond acceptors (Lipinski definition) is 3. The Morgan fingerprint density at radius 3 is 2.71 bits per heavy atom. The van der Waals surface area contributed by atoms with E-state index in [4.69, 9.17) is 10.00 Å². The molecule has 0 saturated carbocycles. The van der Waals surface area contributed by atoms with E-state index >= 15 is 0 Å². The van der Waals surface area contributed by atoms with Crippen molar-refractivity contribution in [3.05, 3.63) is 29.8 Å². The summed E-state index contributed by atoms with van der Waals surface area (Å²) in [4.78, 5) is 13.4. The Morgan fingerprint density at radius 1 is 1.41 bits per heavy atom. The van der Waals surface area contributed by atoms with Gasteiger partial charge in [0.2, 0.25) is 0 Å². The molecule has 0 bridgehead atoms. The summed E-state index contributed by atoms with van der Waals surface area (Å²) in [5.41, 5.74) is 0.526. The molecule has 0 atom stereocenters. The Morgan fingerprint density at radius 2 is 2.12 bits per heavy atom. The highest BCUT2D eigenvalue weighted by atomic mass is 16.5. The van der Waals surface area contributed by atoms with Gasteiger partial charge in [-0.05, 0) is 32.0 Å². The van der Waals surface area contributed by atoms with Gasteiger partial charge >= 0.3 is 0 Å². The molecule has 0 saturated heterocycles. The molecule has 90 valence electrons. The summed E-state index contributed by atoms with van der Waals surface area (Å²) in [6.07, 6.45) is 0. The number of nitriles is 1. The summed E-state index contributed by atoms with van der Waals surface area (Å²) in [6.45, 7) is 5.22. The molecule has 1 aromatic carbocycles. The summed E-state index contributed by atoms with van der Waals surface area (Å²) in [7, 11) is 0. The van der Waals surface area contributed by atoms with E-state index in [9.17, 15) is 4.79 Å². The highest BCUT2D eigenvalue weighted by Crippen LogP contribution is 2.12. The SMILES string of the molecule is CCN(CC)C(=O)COc1cccc(C#N)c1. The van der Waals surface area contributed by atoms with E-state index in [1.807, 2.05) is 19.9 Å². The third kappa shape index (κ3) is 3.80. The predicted octanol–water partition coefficient (Wildman–Crippen LogP) is 1.81. The lowest BCUT2D eigenvalue weighted by molar-refractivity contribution is -0.132. The van der Waals surface area contributed by atoms with Crippen LogP contribution in [0, 0.1) is 11.3 Å². The van der Waals surface area contributed by atoms with Crippen molar-refractivity contribution >= 4 is 5.91 Å². The maximum atomic E-state index is 11.7. The molecule has 0 heterocycles. The van der Waals surface area contributed by atoms with Crippen molar-refractivity contribution in [2.24, 2.45) is 0 Å². The maximum Gasteiger partial charge on any atom is 0.260 e. The molecule has 1 amide bonds. The van der Waals surface area contributed by atoms with Crippen LogP contribution >= 0.6 is 0 Å². The number of ether oxygens (including phenoxy) is 1. The van der Waals surface area contributed by atoms with Crippen LogP contribution < -0.4 is 4.74 Å². The van der Waals surface area contributed by atoms with Gasteiger partial charge in [0.1, 0.15) is 5.75 Å². The normalized spacial score (nSPS) is 9.47. The zero-order valence-electron chi connectivity index (χ0n) is 10.1. The average molecular weight is 232 g/mol. The van der Waals surface area contributed by atoms with Gasteiger partial charge in [-0.1, -0.05) is 6.07 Å². The fourth-order valence-electron chi connectivity index (χ4n) is 1.47. The number of likely N-dealkylation sites (N-methyl/N-ethyl adjacent to an activating group) is 1. The second kappa shape index (κ2) is 6.54. The van der Waals surface area contributed by atoms with Crippen LogP contribution in [0.3, 0.4) is 0 Å². The van der Waals surface area contributed by atoms with Gasteiger partial charge < -0.3 is 9.64 Å². The minimum atomic E-state index is -0.0441. The van der Waals surface area contributed by atoms with Gasteiger partial charge in [0.05, 0.1) is 11.6 Å². The standard InChI is InChI=1S/C13H16N2O2/c1-3-15(4-2)13(16)10-17-12-7-5-6-11(8-12)9-14/h5-8H,3-4,10H2,1-2H3. The quantitative estimate of drug-likeness (QED) is 0.778. The highest BCUT2D eigenvalue weighted by molar-refractivity contribution is 5.77. The van der Waals surface area contributed by atoms with Gasteiger partial charge in [-0.15, -0.1) is 0 Å². The Balaban J connectivity index is 2.55.